The number of aryl methyl sites for hydroxylation is 1. The van der Waals surface area contributed by atoms with Crippen molar-refractivity contribution in [3.63, 3.8) is 0 Å². The second-order valence-corrected chi connectivity index (χ2v) is 7.11. The fourth-order valence-corrected chi connectivity index (χ4v) is 3.64. The number of nitrogens with zero attached hydrogens (tertiary/aromatic N) is 1. The van der Waals surface area contributed by atoms with Crippen molar-refractivity contribution in [2.75, 3.05) is 47.5 Å². The molecule has 0 unspecified atom stereocenters. The first-order valence-corrected chi connectivity index (χ1v) is 9.54. The summed E-state index contributed by atoms with van der Waals surface area (Å²) < 4.78 is 16.1. The first-order chi connectivity index (χ1) is 13.5. The fraction of sp³-hybridized carbons (Fsp3) is 0.409. The molecule has 1 aliphatic rings. The Bertz CT molecular complexity index is 829. The van der Waals surface area contributed by atoms with Gasteiger partial charge >= 0.3 is 0 Å². The summed E-state index contributed by atoms with van der Waals surface area (Å²) in [4.78, 5) is 16.3. The highest BCUT2D eigenvalue weighted by Gasteiger charge is 2.26. The van der Waals surface area contributed by atoms with E-state index in [2.05, 4.69) is 6.07 Å². The maximum absolute atomic E-state index is 13.0. The van der Waals surface area contributed by atoms with Gasteiger partial charge in [-0.2, -0.15) is 0 Å². The summed E-state index contributed by atoms with van der Waals surface area (Å²) in [5, 5.41) is 0. The Labute approximate surface area is 166 Å². The summed E-state index contributed by atoms with van der Waals surface area (Å²) in [6.07, 6.45) is 0. The van der Waals surface area contributed by atoms with E-state index in [1.165, 1.54) is 10.5 Å². The minimum atomic E-state index is 0.0470. The topological polar surface area (TPSA) is 52.4 Å². The van der Waals surface area contributed by atoms with Crippen molar-refractivity contribution in [2.24, 2.45) is 0 Å². The Kier molecular flexibility index (Phi) is 6.41. The van der Waals surface area contributed by atoms with Crippen LogP contribution in [0, 0.1) is 6.92 Å². The molecule has 6 nitrogen and oxygen atoms in total. The van der Waals surface area contributed by atoms with Crippen LogP contribution in [0.3, 0.4) is 0 Å². The van der Waals surface area contributed by atoms with Crippen LogP contribution in [0.25, 0.3) is 0 Å². The molecule has 0 saturated carbocycles. The Morgan fingerprint density at radius 2 is 1.57 bits per heavy atom. The number of piperazine rings is 1. The number of ether oxygens (including phenoxy) is 3. The highest BCUT2D eigenvalue weighted by atomic mass is 16.5. The first kappa shape index (κ1) is 20.0. The molecule has 0 atom stereocenters. The number of benzene rings is 2. The molecule has 0 radical (unpaired) electrons. The Morgan fingerprint density at radius 1 is 0.929 bits per heavy atom. The van der Waals surface area contributed by atoms with Crippen molar-refractivity contribution in [2.45, 2.75) is 13.5 Å². The molecule has 28 heavy (non-hydrogen) atoms. The van der Waals surface area contributed by atoms with E-state index < -0.39 is 0 Å². The minimum Gasteiger partial charge on any atom is -0.496 e. The Morgan fingerprint density at radius 3 is 2.21 bits per heavy atom. The van der Waals surface area contributed by atoms with E-state index in [1.54, 1.807) is 21.3 Å². The summed E-state index contributed by atoms with van der Waals surface area (Å²) in [5.74, 6) is 2.17. The number of nitrogens with one attached hydrogen (secondary N) is 1. The van der Waals surface area contributed by atoms with Crippen LogP contribution in [0.4, 0.5) is 0 Å². The maximum Gasteiger partial charge on any atom is 0.258 e. The molecule has 6 heteroatoms. The van der Waals surface area contributed by atoms with Gasteiger partial charge in [-0.15, -0.1) is 0 Å². The number of carbonyl (C=O) groups is 1. The lowest BCUT2D eigenvalue weighted by molar-refractivity contribution is -0.917. The molecular weight excluding hydrogens is 356 g/mol. The normalized spacial score (nSPS) is 14.6. The lowest BCUT2D eigenvalue weighted by Crippen LogP contribution is -3.13. The third-order valence-electron chi connectivity index (χ3n) is 5.25. The van der Waals surface area contributed by atoms with Crippen molar-refractivity contribution in [1.82, 2.24) is 4.90 Å². The number of methoxy groups -OCH3 is 3. The molecule has 3 rings (SSSR count). The zero-order valence-electron chi connectivity index (χ0n) is 17.1. The molecule has 2 aromatic carbocycles. The molecule has 0 spiro atoms. The predicted molar refractivity (Wildman–Crippen MR) is 108 cm³/mol. The quantitative estimate of drug-likeness (QED) is 0.820. The zero-order chi connectivity index (χ0) is 20.1. The maximum atomic E-state index is 13.0. The summed E-state index contributed by atoms with van der Waals surface area (Å²) in [7, 11) is 4.90. The van der Waals surface area contributed by atoms with Crippen LogP contribution in [-0.2, 0) is 6.54 Å². The lowest BCUT2D eigenvalue weighted by atomic mass is 10.1. The second-order valence-electron chi connectivity index (χ2n) is 7.11. The monoisotopic (exact) mass is 385 g/mol. The van der Waals surface area contributed by atoms with Crippen molar-refractivity contribution < 1.29 is 23.9 Å². The van der Waals surface area contributed by atoms with Crippen LogP contribution >= 0.6 is 0 Å². The summed E-state index contributed by atoms with van der Waals surface area (Å²) in [6, 6.07) is 11.8. The van der Waals surface area contributed by atoms with Gasteiger partial charge in [-0.3, -0.25) is 4.79 Å². The van der Waals surface area contributed by atoms with Gasteiger partial charge in [0.2, 0.25) is 0 Å². The third kappa shape index (κ3) is 4.39. The van der Waals surface area contributed by atoms with Crippen molar-refractivity contribution in [1.29, 1.82) is 0 Å². The molecule has 2 aromatic rings. The Hall–Kier alpha value is -2.73. The van der Waals surface area contributed by atoms with Gasteiger partial charge in [0.05, 0.1) is 53.1 Å². The predicted octanol–water partition coefficient (Wildman–Crippen LogP) is 1.56. The van der Waals surface area contributed by atoms with E-state index >= 15 is 0 Å². The minimum absolute atomic E-state index is 0.0470. The average Bonchev–Trinajstić information content (AvgIpc) is 2.73. The molecule has 1 amide bonds. The van der Waals surface area contributed by atoms with E-state index in [1.807, 2.05) is 42.2 Å². The molecule has 0 aliphatic carbocycles. The van der Waals surface area contributed by atoms with Crippen molar-refractivity contribution in [3.05, 3.63) is 53.1 Å². The number of hydrogen-bond donors (Lipinski definition) is 1. The van der Waals surface area contributed by atoms with Crippen molar-refractivity contribution >= 4 is 5.91 Å². The van der Waals surface area contributed by atoms with Gasteiger partial charge in [0.1, 0.15) is 12.3 Å². The molecule has 1 fully saturated rings. The lowest BCUT2D eigenvalue weighted by Gasteiger charge is -2.32. The van der Waals surface area contributed by atoms with Crippen LogP contribution in [0.1, 0.15) is 21.5 Å². The number of quaternary nitrogens is 1. The largest absolute Gasteiger partial charge is 0.496 e. The third-order valence-corrected chi connectivity index (χ3v) is 5.25. The van der Waals surface area contributed by atoms with Crippen LogP contribution in [0.15, 0.2) is 36.4 Å². The molecular formula is C22H29N2O4+. The van der Waals surface area contributed by atoms with Gasteiger partial charge < -0.3 is 24.0 Å². The van der Waals surface area contributed by atoms with Crippen LogP contribution in [-0.4, -0.2) is 58.3 Å². The Balaban J connectivity index is 1.62. The van der Waals surface area contributed by atoms with Crippen LogP contribution in [0.2, 0.25) is 0 Å². The molecule has 1 saturated heterocycles. The molecule has 1 N–H and O–H groups in total. The summed E-state index contributed by atoms with van der Waals surface area (Å²) >= 11 is 0. The molecule has 1 aliphatic heterocycles. The van der Waals surface area contributed by atoms with Gasteiger partial charge in [-0.05, 0) is 37.3 Å². The van der Waals surface area contributed by atoms with E-state index in [0.29, 0.717) is 11.3 Å². The smallest absolute Gasteiger partial charge is 0.258 e. The number of hydrogen-bond acceptors (Lipinski definition) is 4. The van der Waals surface area contributed by atoms with Gasteiger partial charge in [-0.25, -0.2) is 0 Å². The number of amides is 1. The standard InChI is InChI=1S/C22H28N2O4/c1-16-5-7-19(26-2)18(13-16)22(25)24-11-9-23(10-12-24)15-17-6-8-20(27-3)21(14-17)28-4/h5-8,13-14H,9-12,15H2,1-4H3/p+1. The van der Waals surface area contributed by atoms with Crippen molar-refractivity contribution in [3.8, 4) is 17.2 Å². The van der Waals surface area contributed by atoms with E-state index in [-0.39, 0.29) is 5.91 Å². The fourth-order valence-electron chi connectivity index (χ4n) is 3.64. The van der Waals surface area contributed by atoms with Gasteiger partial charge in [-0.1, -0.05) is 11.6 Å². The van der Waals surface area contributed by atoms with E-state index in [4.69, 9.17) is 14.2 Å². The van der Waals surface area contributed by atoms with Crippen LogP contribution < -0.4 is 19.1 Å². The molecule has 0 aromatic heterocycles. The van der Waals surface area contributed by atoms with E-state index in [0.717, 1.165) is 49.8 Å². The number of carbonyl (C=O) groups excluding carboxylic acids is 1. The van der Waals surface area contributed by atoms with Crippen LogP contribution in [0.5, 0.6) is 17.2 Å². The second kappa shape index (κ2) is 8.97. The molecule has 1 heterocycles. The van der Waals surface area contributed by atoms with Gasteiger partial charge in [0.15, 0.2) is 11.5 Å². The highest BCUT2D eigenvalue weighted by Crippen LogP contribution is 2.27. The number of rotatable bonds is 6. The summed E-state index contributed by atoms with van der Waals surface area (Å²) in [5.41, 5.74) is 2.90. The first-order valence-electron chi connectivity index (χ1n) is 9.54. The van der Waals surface area contributed by atoms with E-state index in [9.17, 15) is 4.79 Å². The molecule has 150 valence electrons. The summed E-state index contributed by atoms with van der Waals surface area (Å²) in [6.45, 7) is 6.18. The van der Waals surface area contributed by atoms with Gasteiger partial charge in [0, 0.05) is 5.56 Å². The van der Waals surface area contributed by atoms with Gasteiger partial charge in [0.25, 0.3) is 5.91 Å². The SMILES string of the molecule is COc1ccc(C[NH+]2CCN(C(=O)c3cc(C)ccc3OC)CC2)cc1OC. The molecule has 0 bridgehead atoms. The average molecular weight is 385 g/mol. The highest BCUT2D eigenvalue weighted by molar-refractivity contribution is 5.97. The zero-order valence-corrected chi connectivity index (χ0v) is 17.1.